The Hall–Kier alpha value is -2.40. The Labute approximate surface area is 151 Å². The maximum absolute atomic E-state index is 13.1. The molecule has 0 N–H and O–H groups in total. The number of hydrogen-bond donors (Lipinski definition) is 0. The lowest BCUT2D eigenvalue weighted by atomic mass is 10.1. The number of amides is 1. The summed E-state index contributed by atoms with van der Waals surface area (Å²) in [5.41, 5.74) is 3.19. The monoisotopic (exact) mass is 349 g/mol. The van der Waals surface area contributed by atoms with Gasteiger partial charge in [0, 0.05) is 17.1 Å². The number of rotatable bonds is 3. The molecule has 3 aromatic rings. The smallest absolute Gasteiger partial charge is 0.240 e. The Morgan fingerprint density at radius 3 is 2.80 bits per heavy atom. The van der Waals surface area contributed by atoms with Crippen LogP contribution in [0, 0.1) is 0 Å². The highest BCUT2D eigenvalue weighted by molar-refractivity contribution is 8.00. The largest absolute Gasteiger partial charge is 0.308 e. The number of hydrogen-bond acceptors (Lipinski definition) is 4. The van der Waals surface area contributed by atoms with Crippen LogP contribution in [0.4, 0.5) is 5.69 Å². The minimum atomic E-state index is -0.216. The fourth-order valence-electron chi connectivity index (χ4n) is 3.39. The number of anilines is 1. The molecular formula is C20H19N3OS. The minimum absolute atomic E-state index is 0.130. The number of para-hydroxylation sites is 2. The Morgan fingerprint density at radius 2 is 1.92 bits per heavy atom. The van der Waals surface area contributed by atoms with E-state index in [0.717, 1.165) is 28.0 Å². The van der Waals surface area contributed by atoms with Crippen molar-refractivity contribution in [3.05, 3.63) is 60.4 Å². The average Bonchev–Trinajstić information content (AvgIpc) is 2.97. The third-order valence-corrected chi connectivity index (χ3v) is 5.69. The molecule has 2 aromatic carbocycles. The second kappa shape index (κ2) is 6.48. The molecule has 2 atom stereocenters. The quantitative estimate of drug-likeness (QED) is 0.528. The molecule has 1 aliphatic rings. The summed E-state index contributed by atoms with van der Waals surface area (Å²) in [6, 6.07) is 16.3. The van der Waals surface area contributed by atoms with Gasteiger partial charge >= 0.3 is 0 Å². The van der Waals surface area contributed by atoms with Crippen LogP contribution < -0.4 is 4.90 Å². The van der Waals surface area contributed by atoms with Crippen LogP contribution in [0.3, 0.4) is 0 Å². The number of benzene rings is 2. The zero-order valence-corrected chi connectivity index (χ0v) is 15.0. The highest BCUT2D eigenvalue weighted by atomic mass is 32.2. The maximum Gasteiger partial charge on any atom is 0.240 e. The normalized spacial score (nSPS) is 17.5. The maximum atomic E-state index is 13.1. The van der Waals surface area contributed by atoms with Gasteiger partial charge in [0.2, 0.25) is 5.91 Å². The SMILES string of the molecule is C[C@@H](Sc1ncnc2ccccc12)C(=O)N1c2ccccc2C[C@@H]1C. The Morgan fingerprint density at radius 1 is 1.16 bits per heavy atom. The van der Waals surface area contributed by atoms with Crippen molar-refractivity contribution in [2.45, 2.75) is 36.6 Å². The fraction of sp³-hybridized carbons (Fsp3) is 0.250. The van der Waals surface area contributed by atoms with Crippen LogP contribution in [-0.4, -0.2) is 27.2 Å². The van der Waals surface area contributed by atoms with E-state index in [1.165, 1.54) is 17.3 Å². The van der Waals surface area contributed by atoms with E-state index in [4.69, 9.17) is 0 Å². The standard InChI is InChI=1S/C20H19N3OS/c1-13-11-15-7-3-6-10-18(15)23(13)20(24)14(2)25-19-16-8-4-5-9-17(16)21-12-22-19/h3-10,12-14H,11H2,1-2H3/t13-,14+/m0/s1. The summed E-state index contributed by atoms with van der Waals surface area (Å²) in [4.78, 5) is 23.8. The second-order valence-electron chi connectivity index (χ2n) is 6.35. The summed E-state index contributed by atoms with van der Waals surface area (Å²) in [5, 5.41) is 1.63. The van der Waals surface area contributed by atoms with Crippen LogP contribution in [0.2, 0.25) is 0 Å². The first-order valence-corrected chi connectivity index (χ1v) is 9.30. The fourth-order valence-corrected chi connectivity index (χ4v) is 4.35. The van der Waals surface area contributed by atoms with Crippen molar-refractivity contribution < 1.29 is 4.79 Å². The van der Waals surface area contributed by atoms with Crippen LogP contribution in [0.1, 0.15) is 19.4 Å². The van der Waals surface area contributed by atoms with Crippen LogP contribution in [0.5, 0.6) is 0 Å². The van der Waals surface area contributed by atoms with E-state index in [9.17, 15) is 4.79 Å². The van der Waals surface area contributed by atoms with Gasteiger partial charge in [-0.05, 0) is 38.0 Å². The first-order chi connectivity index (χ1) is 12.1. The summed E-state index contributed by atoms with van der Waals surface area (Å²) in [6.07, 6.45) is 2.48. The third kappa shape index (κ3) is 2.89. The summed E-state index contributed by atoms with van der Waals surface area (Å²) in [5.74, 6) is 0.130. The zero-order chi connectivity index (χ0) is 17.4. The summed E-state index contributed by atoms with van der Waals surface area (Å²) < 4.78 is 0. The molecule has 0 spiro atoms. The van der Waals surface area contributed by atoms with Crippen molar-refractivity contribution in [2.24, 2.45) is 0 Å². The van der Waals surface area contributed by atoms with Gasteiger partial charge in [0.25, 0.3) is 0 Å². The molecule has 0 unspecified atom stereocenters. The summed E-state index contributed by atoms with van der Waals surface area (Å²) in [7, 11) is 0. The van der Waals surface area contributed by atoms with E-state index in [1.807, 2.05) is 54.3 Å². The molecule has 1 aliphatic heterocycles. The van der Waals surface area contributed by atoms with E-state index in [0.29, 0.717) is 0 Å². The zero-order valence-electron chi connectivity index (χ0n) is 14.2. The van der Waals surface area contributed by atoms with Gasteiger partial charge in [-0.25, -0.2) is 9.97 Å². The lowest BCUT2D eigenvalue weighted by Crippen LogP contribution is -2.40. The van der Waals surface area contributed by atoms with Gasteiger partial charge in [0.1, 0.15) is 11.4 Å². The Bertz CT molecular complexity index is 938. The summed E-state index contributed by atoms with van der Waals surface area (Å²) >= 11 is 1.50. The van der Waals surface area contributed by atoms with E-state index in [2.05, 4.69) is 23.0 Å². The molecule has 5 heteroatoms. The van der Waals surface area contributed by atoms with Crippen molar-refractivity contribution in [2.75, 3.05) is 4.90 Å². The average molecular weight is 349 g/mol. The van der Waals surface area contributed by atoms with E-state index in [-0.39, 0.29) is 17.2 Å². The van der Waals surface area contributed by atoms with Crippen molar-refractivity contribution in [1.29, 1.82) is 0 Å². The van der Waals surface area contributed by atoms with Gasteiger partial charge in [-0.1, -0.05) is 48.2 Å². The van der Waals surface area contributed by atoms with E-state index in [1.54, 1.807) is 6.33 Å². The van der Waals surface area contributed by atoms with Gasteiger partial charge in [-0.2, -0.15) is 0 Å². The molecule has 1 aromatic heterocycles. The second-order valence-corrected chi connectivity index (χ2v) is 7.68. The van der Waals surface area contributed by atoms with Gasteiger partial charge in [-0.15, -0.1) is 0 Å². The molecular weight excluding hydrogens is 330 g/mol. The minimum Gasteiger partial charge on any atom is -0.308 e. The first-order valence-electron chi connectivity index (χ1n) is 8.42. The number of carbonyl (C=O) groups is 1. The molecule has 2 heterocycles. The number of nitrogens with zero attached hydrogens (tertiary/aromatic N) is 3. The van der Waals surface area contributed by atoms with Crippen LogP contribution >= 0.6 is 11.8 Å². The number of carbonyl (C=O) groups excluding carboxylic acids is 1. The van der Waals surface area contributed by atoms with Crippen molar-refractivity contribution in [3.63, 3.8) is 0 Å². The molecule has 0 saturated carbocycles. The molecule has 4 rings (SSSR count). The highest BCUT2D eigenvalue weighted by Gasteiger charge is 2.33. The topological polar surface area (TPSA) is 46.1 Å². The molecule has 0 radical (unpaired) electrons. The van der Waals surface area contributed by atoms with E-state index >= 15 is 0 Å². The van der Waals surface area contributed by atoms with Crippen LogP contribution in [0.25, 0.3) is 10.9 Å². The molecule has 0 fully saturated rings. The number of fused-ring (bicyclic) bond motifs is 2. The van der Waals surface area contributed by atoms with Crippen LogP contribution in [-0.2, 0) is 11.2 Å². The Kier molecular flexibility index (Phi) is 4.17. The molecule has 4 nitrogen and oxygen atoms in total. The van der Waals surface area contributed by atoms with Gasteiger partial charge in [-0.3, -0.25) is 4.79 Å². The van der Waals surface area contributed by atoms with Crippen molar-refractivity contribution >= 4 is 34.3 Å². The molecule has 25 heavy (non-hydrogen) atoms. The number of aromatic nitrogens is 2. The lowest BCUT2D eigenvalue weighted by molar-refractivity contribution is -0.118. The van der Waals surface area contributed by atoms with Crippen molar-refractivity contribution in [1.82, 2.24) is 9.97 Å². The predicted octanol–water partition coefficient (Wildman–Crippen LogP) is 4.09. The van der Waals surface area contributed by atoms with Gasteiger partial charge in [0.05, 0.1) is 10.8 Å². The third-order valence-electron chi connectivity index (χ3n) is 4.59. The van der Waals surface area contributed by atoms with Crippen molar-refractivity contribution in [3.8, 4) is 0 Å². The molecule has 0 saturated heterocycles. The van der Waals surface area contributed by atoms with Gasteiger partial charge < -0.3 is 4.90 Å². The lowest BCUT2D eigenvalue weighted by Gasteiger charge is -2.25. The molecule has 126 valence electrons. The van der Waals surface area contributed by atoms with Crippen LogP contribution in [0.15, 0.2) is 59.9 Å². The first kappa shape index (κ1) is 16.1. The van der Waals surface area contributed by atoms with E-state index < -0.39 is 0 Å². The number of thioether (sulfide) groups is 1. The molecule has 1 amide bonds. The predicted molar refractivity (Wildman–Crippen MR) is 102 cm³/mol. The molecule has 0 aliphatic carbocycles. The molecule has 0 bridgehead atoms. The summed E-state index contributed by atoms with van der Waals surface area (Å²) in [6.45, 7) is 4.06. The highest BCUT2D eigenvalue weighted by Crippen LogP contribution is 2.35. The Balaban J connectivity index is 1.61. The van der Waals surface area contributed by atoms with Gasteiger partial charge in [0.15, 0.2) is 0 Å².